The Morgan fingerprint density at radius 1 is 1.32 bits per heavy atom. The Labute approximate surface area is 164 Å². The minimum atomic E-state index is -0.195. The molecule has 8 nitrogen and oxygen atoms in total. The van der Waals surface area contributed by atoms with Gasteiger partial charge in [0.25, 0.3) is 5.91 Å². The van der Waals surface area contributed by atoms with E-state index in [0.717, 1.165) is 31.4 Å². The van der Waals surface area contributed by atoms with Crippen LogP contribution in [0.1, 0.15) is 28.8 Å². The molecule has 150 valence electrons. The fraction of sp³-hybridized carbons (Fsp3) is 0.450. The monoisotopic (exact) mass is 385 g/mol. The fourth-order valence-electron chi connectivity index (χ4n) is 3.04. The number of aromatic nitrogens is 2. The van der Waals surface area contributed by atoms with Gasteiger partial charge >= 0.3 is 6.03 Å². The van der Waals surface area contributed by atoms with Gasteiger partial charge in [0.1, 0.15) is 0 Å². The quantitative estimate of drug-likeness (QED) is 0.763. The summed E-state index contributed by atoms with van der Waals surface area (Å²) in [6.45, 7) is 1.88. The largest absolute Gasteiger partial charge is 0.376 e. The Morgan fingerprint density at radius 2 is 2.11 bits per heavy atom. The first kappa shape index (κ1) is 19.9. The number of rotatable bonds is 7. The molecule has 1 unspecified atom stereocenters. The van der Waals surface area contributed by atoms with Crippen LogP contribution in [0.4, 0.5) is 10.5 Å². The number of ether oxygens (including phenoxy) is 1. The molecule has 1 aliphatic heterocycles. The molecule has 0 saturated carbocycles. The predicted molar refractivity (Wildman–Crippen MR) is 106 cm³/mol. The van der Waals surface area contributed by atoms with E-state index in [2.05, 4.69) is 15.7 Å². The van der Waals surface area contributed by atoms with Gasteiger partial charge in [-0.15, -0.1) is 0 Å². The van der Waals surface area contributed by atoms with Gasteiger partial charge in [-0.2, -0.15) is 5.10 Å². The van der Waals surface area contributed by atoms with Crippen LogP contribution >= 0.6 is 0 Å². The lowest BCUT2D eigenvalue weighted by Crippen LogP contribution is -2.33. The Balaban J connectivity index is 1.44. The van der Waals surface area contributed by atoms with Crippen LogP contribution in [0.3, 0.4) is 0 Å². The van der Waals surface area contributed by atoms with Gasteiger partial charge in [-0.3, -0.25) is 9.48 Å². The summed E-state index contributed by atoms with van der Waals surface area (Å²) in [4.78, 5) is 26.1. The van der Waals surface area contributed by atoms with E-state index < -0.39 is 0 Å². The van der Waals surface area contributed by atoms with Crippen molar-refractivity contribution in [3.63, 3.8) is 0 Å². The van der Waals surface area contributed by atoms with E-state index in [0.29, 0.717) is 24.3 Å². The van der Waals surface area contributed by atoms with E-state index in [-0.39, 0.29) is 18.0 Å². The van der Waals surface area contributed by atoms with Crippen LogP contribution in [-0.2, 0) is 18.2 Å². The average Bonchev–Trinajstić information content (AvgIpc) is 3.36. The van der Waals surface area contributed by atoms with Crippen molar-refractivity contribution in [2.75, 3.05) is 32.1 Å². The lowest BCUT2D eigenvalue weighted by Gasteiger charge is -2.17. The molecule has 1 aliphatic rings. The van der Waals surface area contributed by atoms with Crippen LogP contribution in [0.25, 0.3) is 0 Å². The number of carbonyl (C=O) groups excluding carboxylic acids is 2. The number of hydrogen-bond acceptors (Lipinski definition) is 4. The average molecular weight is 385 g/mol. The van der Waals surface area contributed by atoms with Crippen molar-refractivity contribution in [2.45, 2.75) is 25.4 Å². The first-order valence-corrected chi connectivity index (χ1v) is 9.51. The van der Waals surface area contributed by atoms with Gasteiger partial charge in [-0.05, 0) is 49.1 Å². The maximum Gasteiger partial charge on any atom is 0.321 e. The molecule has 8 heteroatoms. The maximum absolute atomic E-state index is 12.3. The number of amides is 3. The third-order valence-electron chi connectivity index (χ3n) is 4.75. The fourth-order valence-corrected chi connectivity index (χ4v) is 3.04. The highest BCUT2D eigenvalue weighted by Gasteiger charge is 2.16. The topological polar surface area (TPSA) is 88.5 Å². The molecule has 2 aromatic rings. The number of aryl methyl sites for hydroxylation is 1. The highest BCUT2D eigenvalue weighted by molar-refractivity contribution is 5.95. The molecular formula is C20H27N5O3. The van der Waals surface area contributed by atoms with E-state index >= 15 is 0 Å². The highest BCUT2D eigenvalue weighted by atomic mass is 16.5. The molecule has 1 aromatic heterocycles. The molecule has 1 fully saturated rings. The van der Waals surface area contributed by atoms with E-state index in [1.54, 1.807) is 47.1 Å². The number of hydrogen-bond donors (Lipinski definition) is 2. The zero-order valence-corrected chi connectivity index (χ0v) is 16.4. The molecule has 2 N–H and O–H groups in total. The number of nitrogens with zero attached hydrogens (tertiary/aromatic N) is 3. The number of benzene rings is 1. The van der Waals surface area contributed by atoms with Crippen molar-refractivity contribution < 1.29 is 14.3 Å². The first-order chi connectivity index (χ1) is 13.5. The van der Waals surface area contributed by atoms with Crippen LogP contribution in [0.2, 0.25) is 0 Å². The lowest BCUT2D eigenvalue weighted by atomic mass is 10.2. The molecule has 0 aliphatic carbocycles. The minimum absolute atomic E-state index is 0.115. The summed E-state index contributed by atoms with van der Waals surface area (Å²) in [5, 5.41) is 9.85. The molecule has 28 heavy (non-hydrogen) atoms. The van der Waals surface area contributed by atoms with Crippen LogP contribution in [0, 0.1) is 0 Å². The van der Waals surface area contributed by atoms with Gasteiger partial charge in [0, 0.05) is 51.2 Å². The van der Waals surface area contributed by atoms with Crippen molar-refractivity contribution >= 4 is 17.6 Å². The van der Waals surface area contributed by atoms with E-state index in [1.165, 1.54) is 0 Å². The SMILES string of the molecule is CN(CCc1cnn(C)c1)C(=O)Nc1ccc(C(=O)NCC2CCCO2)cc1. The first-order valence-electron chi connectivity index (χ1n) is 9.51. The van der Waals surface area contributed by atoms with E-state index in [1.807, 2.05) is 13.2 Å². The molecule has 0 spiro atoms. The molecule has 3 rings (SSSR count). The summed E-state index contributed by atoms with van der Waals surface area (Å²) in [5.41, 5.74) is 2.29. The molecule has 2 heterocycles. The highest BCUT2D eigenvalue weighted by Crippen LogP contribution is 2.13. The van der Waals surface area contributed by atoms with Gasteiger partial charge in [-0.25, -0.2) is 4.79 Å². The Morgan fingerprint density at radius 3 is 2.75 bits per heavy atom. The van der Waals surface area contributed by atoms with Crippen molar-refractivity contribution in [1.82, 2.24) is 20.0 Å². The Bertz CT molecular complexity index is 796. The third kappa shape index (κ3) is 5.56. The second-order valence-electron chi connectivity index (χ2n) is 7.05. The van der Waals surface area contributed by atoms with Crippen LogP contribution in [-0.4, -0.2) is 59.5 Å². The molecule has 1 atom stereocenters. The number of likely N-dealkylation sites (N-methyl/N-ethyl adjacent to an activating group) is 1. The summed E-state index contributed by atoms with van der Waals surface area (Å²) in [5.74, 6) is -0.137. The summed E-state index contributed by atoms with van der Waals surface area (Å²) >= 11 is 0. The maximum atomic E-state index is 12.3. The standard InChI is InChI=1S/C20H27N5O3/c1-24(10-9-15-12-22-25(2)14-15)20(27)23-17-7-5-16(6-8-17)19(26)21-13-18-4-3-11-28-18/h5-8,12,14,18H,3-4,9-11,13H2,1-2H3,(H,21,26)(H,23,27). The zero-order valence-electron chi connectivity index (χ0n) is 16.4. The predicted octanol–water partition coefficient (Wildman–Crippen LogP) is 2.04. The van der Waals surface area contributed by atoms with Crippen molar-refractivity contribution in [3.8, 4) is 0 Å². The van der Waals surface area contributed by atoms with Gasteiger partial charge in [0.05, 0.1) is 12.3 Å². The number of anilines is 1. The van der Waals surface area contributed by atoms with Crippen molar-refractivity contribution in [1.29, 1.82) is 0 Å². The second-order valence-corrected chi connectivity index (χ2v) is 7.05. The Hall–Kier alpha value is -2.87. The zero-order chi connectivity index (χ0) is 19.9. The van der Waals surface area contributed by atoms with Gasteiger partial charge in [0.2, 0.25) is 0 Å². The Kier molecular flexibility index (Phi) is 6.65. The van der Waals surface area contributed by atoms with Gasteiger partial charge in [0.15, 0.2) is 0 Å². The van der Waals surface area contributed by atoms with Crippen LogP contribution in [0.15, 0.2) is 36.7 Å². The lowest BCUT2D eigenvalue weighted by molar-refractivity contribution is 0.0858. The number of carbonyl (C=O) groups is 2. The van der Waals surface area contributed by atoms with Crippen LogP contribution in [0.5, 0.6) is 0 Å². The van der Waals surface area contributed by atoms with Crippen molar-refractivity contribution in [3.05, 3.63) is 47.8 Å². The molecule has 0 bridgehead atoms. The smallest absolute Gasteiger partial charge is 0.321 e. The van der Waals surface area contributed by atoms with Crippen LogP contribution < -0.4 is 10.6 Å². The third-order valence-corrected chi connectivity index (χ3v) is 4.75. The molecule has 3 amide bonds. The van der Waals surface area contributed by atoms with Crippen molar-refractivity contribution in [2.24, 2.45) is 7.05 Å². The summed E-state index contributed by atoms with van der Waals surface area (Å²) in [7, 11) is 3.62. The molecule has 0 radical (unpaired) electrons. The molecular weight excluding hydrogens is 358 g/mol. The van der Waals surface area contributed by atoms with E-state index in [9.17, 15) is 9.59 Å². The number of urea groups is 1. The summed E-state index contributed by atoms with van der Waals surface area (Å²) in [6, 6.07) is 6.67. The normalized spacial score (nSPS) is 16.0. The molecule has 1 saturated heterocycles. The van der Waals surface area contributed by atoms with E-state index in [4.69, 9.17) is 4.74 Å². The van der Waals surface area contributed by atoms with Gasteiger partial charge in [-0.1, -0.05) is 0 Å². The second kappa shape index (κ2) is 9.36. The molecule has 1 aromatic carbocycles. The minimum Gasteiger partial charge on any atom is -0.376 e. The van der Waals surface area contributed by atoms with Gasteiger partial charge < -0.3 is 20.3 Å². The number of nitrogens with one attached hydrogen (secondary N) is 2. The summed E-state index contributed by atoms with van der Waals surface area (Å²) in [6.07, 6.45) is 6.62. The summed E-state index contributed by atoms with van der Waals surface area (Å²) < 4.78 is 7.25.